The highest BCUT2D eigenvalue weighted by molar-refractivity contribution is 6.12. The molecule has 3 N–H and O–H groups in total. The van der Waals surface area contributed by atoms with Crippen molar-refractivity contribution in [1.82, 2.24) is 24.8 Å². The highest BCUT2D eigenvalue weighted by atomic mass is 19.1. The number of benzene rings is 1. The second kappa shape index (κ2) is 10.4. The average molecular weight is 508 g/mol. The van der Waals surface area contributed by atoms with E-state index in [1.54, 1.807) is 62.2 Å². The van der Waals surface area contributed by atoms with Crippen LogP contribution in [0.5, 0.6) is 0 Å². The molecule has 1 fully saturated rings. The van der Waals surface area contributed by atoms with Crippen molar-refractivity contribution in [2.24, 2.45) is 13.0 Å². The van der Waals surface area contributed by atoms with Gasteiger partial charge in [-0.05, 0) is 54.7 Å². The van der Waals surface area contributed by atoms with Crippen molar-refractivity contribution in [1.29, 1.82) is 0 Å². The molecule has 3 atom stereocenters. The maximum atomic E-state index is 14.2. The molecule has 1 aromatic carbocycles. The van der Waals surface area contributed by atoms with Crippen molar-refractivity contribution in [2.75, 3.05) is 17.7 Å². The van der Waals surface area contributed by atoms with Crippen LogP contribution in [0.3, 0.4) is 0 Å². The largest absolute Gasteiger partial charge is 0.384 e. The SMILES string of the molecule is CC[C@@H](NC(=O)N1C(=O)[C@H](Cc2ccnc(N)c2)[C@H]1C(=O)N(C)c1nccn1C)c1cccc(F)c1C. The molecule has 2 aromatic heterocycles. The molecule has 0 aliphatic carbocycles. The molecule has 3 aromatic rings. The quantitative estimate of drug-likeness (QED) is 0.474. The zero-order chi connectivity index (χ0) is 26.9. The van der Waals surface area contributed by atoms with Gasteiger partial charge in [-0.25, -0.2) is 19.2 Å². The third-order valence-electron chi connectivity index (χ3n) is 6.80. The molecule has 194 valence electrons. The zero-order valence-electron chi connectivity index (χ0n) is 21.2. The maximum absolute atomic E-state index is 14.2. The summed E-state index contributed by atoms with van der Waals surface area (Å²) in [6.07, 6.45) is 5.45. The molecule has 0 bridgehead atoms. The van der Waals surface area contributed by atoms with Crippen LogP contribution in [-0.2, 0) is 23.1 Å². The van der Waals surface area contributed by atoms with E-state index >= 15 is 0 Å². The monoisotopic (exact) mass is 507 g/mol. The Balaban J connectivity index is 1.62. The lowest BCUT2D eigenvalue weighted by Gasteiger charge is -2.45. The number of rotatable bonds is 7. The maximum Gasteiger partial charge on any atom is 0.325 e. The molecule has 4 rings (SSSR count). The number of β-lactam (4-membered cyclic amide) rings is 1. The molecule has 0 spiro atoms. The summed E-state index contributed by atoms with van der Waals surface area (Å²) in [7, 11) is 3.29. The number of aryl methyl sites for hydroxylation is 1. The van der Waals surface area contributed by atoms with Crippen LogP contribution in [0.1, 0.15) is 36.1 Å². The van der Waals surface area contributed by atoms with Crippen molar-refractivity contribution < 1.29 is 18.8 Å². The summed E-state index contributed by atoms with van der Waals surface area (Å²) in [4.78, 5) is 50.8. The number of nitrogens with two attached hydrogens (primary N) is 1. The van der Waals surface area contributed by atoms with Crippen LogP contribution in [-0.4, -0.2) is 50.4 Å². The van der Waals surface area contributed by atoms with Gasteiger partial charge in [-0.15, -0.1) is 0 Å². The molecule has 0 saturated carbocycles. The molecule has 11 heteroatoms. The number of hydrogen-bond acceptors (Lipinski definition) is 6. The number of nitrogens with one attached hydrogen (secondary N) is 1. The van der Waals surface area contributed by atoms with Gasteiger partial charge in [-0.1, -0.05) is 19.1 Å². The van der Waals surface area contributed by atoms with Crippen LogP contribution in [0.25, 0.3) is 0 Å². The number of pyridine rings is 1. The Morgan fingerprint density at radius 3 is 2.65 bits per heavy atom. The number of halogens is 1. The Morgan fingerprint density at radius 1 is 1.24 bits per heavy atom. The zero-order valence-corrected chi connectivity index (χ0v) is 21.2. The topological polar surface area (TPSA) is 126 Å². The van der Waals surface area contributed by atoms with Gasteiger partial charge in [0.25, 0.3) is 5.91 Å². The second-order valence-electron chi connectivity index (χ2n) is 9.15. The number of likely N-dealkylation sites (tertiary alicyclic amines) is 1. The van der Waals surface area contributed by atoms with Gasteiger partial charge in [-0.3, -0.25) is 19.4 Å². The Hall–Kier alpha value is -4.28. The molecular formula is C26H30FN7O3. The molecule has 4 amide bonds. The summed E-state index contributed by atoms with van der Waals surface area (Å²) in [5.74, 6) is -1.43. The number of carbonyl (C=O) groups excluding carboxylic acids is 3. The van der Waals surface area contributed by atoms with Gasteiger partial charge in [0.05, 0.1) is 12.0 Å². The lowest BCUT2D eigenvalue weighted by molar-refractivity contribution is -0.156. The lowest BCUT2D eigenvalue weighted by Crippen LogP contribution is -2.70. The van der Waals surface area contributed by atoms with Gasteiger partial charge >= 0.3 is 6.03 Å². The van der Waals surface area contributed by atoms with Crippen molar-refractivity contribution in [3.63, 3.8) is 0 Å². The molecule has 3 heterocycles. The van der Waals surface area contributed by atoms with Crippen LogP contribution in [0.15, 0.2) is 48.9 Å². The minimum atomic E-state index is -1.06. The molecule has 1 aliphatic heterocycles. The predicted molar refractivity (Wildman–Crippen MR) is 136 cm³/mol. The molecule has 1 aliphatic rings. The predicted octanol–water partition coefficient (Wildman–Crippen LogP) is 2.74. The first-order valence-corrected chi connectivity index (χ1v) is 12.0. The van der Waals surface area contributed by atoms with E-state index in [1.807, 2.05) is 6.92 Å². The van der Waals surface area contributed by atoms with Gasteiger partial charge in [0.2, 0.25) is 11.9 Å². The van der Waals surface area contributed by atoms with Crippen LogP contribution < -0.4 is 16.0 Å². The number of nitrogens with zero attached hydrogens (tertiary/aromatic N) is 5. The van der Waals surface area contributed by atoms with E-state index in [0.717, 1.165) is 10.5 Å². The van der Waals surface area contributed by atoms with E-state index in [9.17, 15) is 18.8 Å². The first kappa shape index (κ1) is 25.8. The number of nitrogen functional groups attached to an aromatic ring is 1. The number of aromatic nitrogens is 3. The number of anilines is 2. The molecule has 0 unspecified atom stereocenters. The lowest BCUT2D eigenvalue weighted by atomic mass is 9.81. The fourth-order valence-electron chi connectivity index (χ4n) is 4.73. The fraction of sp³-hybridized carbons (Fsp3) is 0.346. The number of hydrogen-bond donors (Lipinski definition) is 2. The molecular weight excluding hydrogens is 477 g/mol. The second-order valence-corrected chi connectivity index (χ2v) is 9.15. The first-order chi connectivity index (χ1) is 17.6. The smallest absolute Gasteiger partial charge is 0.325 e. The first-order valence-electron chi connectivity index (χ1n) is 12.0. The summed E-state index contributed by atoms with van der Waals surface area (Å²) in [5, 5.41) is 2.82. The van der Waals surface area contributed by atoms with Gasteiger partial charge in [-0.2, -0.15) is 0 Å². The summed E-state index contributed by atoms with van der Waals surface area (Å²) in [6.45, 7) is 3.49. The Morgan fingerprint density at radius 2 is 2.00 bits per heavy atom. The van der Waals surface area contributed by atoms with Gasteiger partial charge in [0.1, 0.15) is 17.7 Å². The van der Waals surface area contributed by atoms with Crippen molar-refractivity contribution in [3.05, 3.63) is 71.4 Å². The fourth-order valence-corrected chi connectivity index (χ4v) is 4.73. The highest BCUT2D eigenvalue weighted by Crippen LogP contribution is 2.33. The van der Waals surface area contributed by atoms with Crippen LogP contribution >= 0.6 is 0 Å². The number of likely N-dealkylation sites (N-methyl/N-ethyl adjacent to an activating group) is 1. The summed E-state index contributed by atoms with van der Waals surface area (Å²) < 4.78 is 15.8. The average Bonchev–Trinajstić information content (AvgIpc) is 3.30. The summed E-state index contributed by atoms with van der Waals surface area (Å²) >= 11 is 0. The minimum absolute atomic E-state index is 0.209. The van der Waals surface area contributed by atoms with E-state index in [-0.39, 0.29) is 12.2 Å². The van der Waals surface area contributed by atoms with Crippen LogP contribution in [0, 0.1) is 18.7 Å². The Labute approximate surface area is 214 Å². The van der Waals surface area contributed by atoms with E-state index in [1.165, 1.54) is 17.2 Å². The van der Waals surface area contributed by atoms with Gasteiger partial charge in [0, 0.05) is 32.7 Å². The normalized spacial score (nSPS) is 17.8. The molecule has 1 saturated heterocycles. The summed E-state index contributed by atoms with van der Waals surface area (Å²) in [5.41, 5.74) is 7.55. The third-order valence-corrected chi connectivity index (χ3v) is 6.80. The summed E-state index contributed by atoms with van der Waals surface area (Å²) in [6, 6.07) is 5.71. The number of carbonyl (C=O) groups is 3. The minimum Gasteiger partial charge on any atom is -0.384 e. The number of imidazole rings is 1. The third kappa shape index (κ3) is 4.89. The standard InChI is InChI=1S/C26H30FN7O3/c1-5-20(17-7-6-8-19(27)15(17)2)31-26(37)34-22(24(36)33(4)25-30-11-12-32(25)3)18(23(34)35)13-16-9-10-29-21(28)14-16/h6-12,14,18,20,22H,5,13H2,1-4H3,(H2,28,29)(H,31,37)/t18-,20-,22+/m1/s1. The van der Waals surface area contributed by atoms with Crippen molar-refractivity contribution >= 4 is 29.6 Å². The molecule has 37 heavy (non-hydrogen) atoms. The molecule has 10 nitrogen and oxygen atoms in total. The van der Waals surface area contributed by atoms with E-state index in [4.69, 9.17) is 5.73 Å². The van der Waals surface area contributed by atoms with Gasteiger partial charge < -0.3 is 15.6 Å². The van der Waals surface area contributed by atoms with E-state index < -0.39 is 35.8 Å². The Bertz CT molecular complexity index is 1340. The van der Waals surface area contributed by atoms with Crippen molar-refractivity contribution in [2.45, 2.75) is 38.8 Å². The number of amides is 4. The highest BCUT2D eigenvalue weighted by Gasteiger charge is 2.55. The van der Waals surface area contributed by atoms with Crippen LogP contribution in [0.4, 0.5) is 21.0 Å². The Kier molecular flexibility index (Phi) is 7.23. The van der Waals surface area contributed by atoms with Gasteiger partial charge in [0.15, 0.2) is 0 Å². The number of imide groups is 1. The van der Waals surface area contributed by atoms with Crippen LogP contribution in [0.2, 0.25) is 0 Å². The molecule has 0 radical (unpaired) electrons. The van der Waals surface area contributed by atoms with E-state index in [2.05, 4.69) is 15.3 Å². The van der Waals surface area contributed by atoms with Crippen molar-refractivity contribution in [3.8, 4) is 0 Å². The van der Waals surface area contributed by atoms with E-state index in [0.29, 0.717) is 29.3 Å². The number of urea groups is 1.